The molecule has 4 aromatic carbocycles. The highest BCUT2D eigenvalue weighted by Gasteiger charge is 2.29. The molecule has 0 bridgehead atoms. The Morgan fingerprint density at radius 1 is 0.829 bits per heavy atom. The number of fused-ring (bicyclic) bond motifs is 1. The van der Waals surface area contributed by atoms with Gasteiger partial charge in [0.05, 0.1) is 11.0 Å². The van der Waals surface area contributed by atoms with Gasteiger partial charge in [0.1, 0.15) is 17.6 Å². The van der Waals surface area contributed by atoms with E-state index in [1.807, 2.05) is 54.6 Å². The Morgan fingerprint density at radius 2 is 1.46 bits per heavy atom. The third-order valence-electron chi connectivity index (χ3n) is 5.86. The largest absolute Gasteiger partial charge is 0.350 e. The topological polar surface area (TPSA) is 64.0 Å². The summed E-state index contributed by atoms with van der Waals surface area (Å²) >= 11 is 0. The Morgan fingerprint density at radius 3 is 2.20 bits per heavy atom. The minimum Gasteiger partial charge on any atom is -0.350 e. The molecule has 1 amide bonds. The number of para-hydroxylation sites is 2. The van der Waals surface area contributed by atoms with Gasteiger partial charge in [-0.3, -0.25) is 14.2 Å². The molecule has 5 rings (SSSR count). The monoisotopic (exact) mass is 463 g/mol. The van der Waals surface area contributed by atoms with Crippen LogP contribution in [0.3, 0.4) is 0 Å². The number of aromatic nitrogens is 2. The van der Waals surface area contributed by atoms with E-state index in [-0.39, 0.29) is 17.8 Å². The SMILES string of the molecule is O=C(NCc1ccccc1)C(c1ccccc1F)n1c(=O)c(-c2ccccc2)nc2ccccc21. The molecular formula is C29H22FN3O2. The third kappa shape index (κ3) is 4.46. The van der Waals surface area contributed by atoms with Crippen LogP contribution in [-0.2, 0) is 11.3 Å². The molecule has 1 atom stereocenters. The molecule has 0 fully saturated rings. The normalized spacial score (nSPS) is 11.8. The number of nitrogens with zero attached hydrogens (tertiary/aromatic N) is 2. The van der Waals surface area contributed by atoms with Crippen LogP contribution in [0.25, 0.3) is 22.3 Å². The van der Waals surface area contributed by atoms with Crippen LogP contribution in [0.5, 0.6) is 0 Å². The van der Waals surface area contributed by atoms with Crippen molar-refractivity contribution in [3.8, 4) is 11.3 Å². The van der Waals surface area contributed by atoms with Gasteiger partial charge in [-0.15, -0.1) is 0 Å². The summed E-state index contributed by atoms with van der Waals surface area (Å²) in [5, 5.41) is 2.89. The smallest absolute Gasteiger partial charge is 0.278 e. The molecule has 0 aliphatic carbocycles. The van der Waals surface area contributed by atoms with Gasteiger partial charge in [-0.1, -0.05) is 91.0 Å². The van der Waals surface area contributed by atoms with Crippen LogP contribution in [0.4, 0.5) is 4.39 Å². The maximum Gasteiger partial charge on any atom is 0.278 e. The van der Waals surface area contributed by atoms with Crippen molar-refractivity contribution in [3.05, 3.63) is 136 Å². The van der Waals surface area contributed by atoms with E-state index < -0.39 is 23.3 Å². The summed E-state index contributed by atoms with van der Waals surface area (Å²) in [5.41, 5.74) is 2.32. The maximum absolute atomic E-state index is 15.1. The number of hydrogen-bond donors (Lipinski definition) is 1. The van der Waals surface area contributed by atoms with E-state index in [1.165, 1.54) is 16.7 Å². The van der Waals surface area contributed by atoms with E-state index in [1.54, 1.807) is 42.5 Å². The van der Waals surface area contributed by atoms with E-state index >= 15 is 4.39 Å². The Kier molecular flexibility index (Phi) is 6.18. The van der Waals surface area contributed by atoms with Crippen LogP contribution >= 0.6 is 0 Å². The molecule has 6 heteroatoms. The fourth-order valence-corrected chi connectivity index (χ4v) is 4.17. The van der Waals surface area contributed by atoms with Crippen LogP contribution in [0, 0.1) is 5.82 Å². The van der Waals surface area contributed by atoms with E-state index in [9.17, 15) is 9.59 Å². The zero-order chi connectivity index (χ0) is 24.2. The number of carbonyl (C=O) groups is 1. The van der Waals surface area contributed by atoms with Gasteiger partial charge < -0.3 is 5.32 Å². The fourth-order valence-electron chi connectivity index (χ4n) is 4.17. The lowest BCUT2D eigenvalue weighted by molar-refractivity contribution is -0.123. The van der Waals surface area contributed by atoms with Crippen LogP contribution in [0.1, 0.15) is 17.2 Å². The minimum absolute atomic E-state index is 0.107. The van der Waals surface area contributed by atoms with Crippen molar-refractivity contribution in [2.75, 3.05) is 0 Å². The van der Waals surface area contributed by atoms with Crippen LogP contribution in [0.2, 0.25) is 0 Å². The van der Waals surface area contributed by atoms with Crippen LogP contribution < -0.4 is 10.9 Å². The van der Waals surface area contributed by atoms with Crippen LogP contribution in [-0.4, -0.2) is 15.5 Å². The van der Waals surface area contributed by atoms with Gasteiger partial charge in [0.2, 0.25) is 5.91 Å². The molecule has 1 unspecified atom stereocenters. The lowest BCUT2D eigenvalue weighted by Gasteiger charge is -2.23. The summed E-state index contributed by atoms with van der Waals surface area (Å²) < 4.78 is 16.4. The molecule has 1 N–H and O–H groups in total. The summed E-state index contributed by atoms with van der Waals surface area (Å²) in [6.07, 6.45) is 0. The Hall–Kier alpha value is -4.58. The molecule has 0 saturated heterocycles. The third-order valence-corrected chi connectivity index (χ3v) is 5.86. The molecule has 5 aromatic rings. The fraction of sp³-hybridized carbons (Fsp3) is 0.0690. The van der Waals surface area contributed by atoms with Gasteiger partial charge in [0.15, 0.2) is 0 Å². The Labute approximate surface area is 201 Å². The van der Waals surface area contributed by atoms with E-state index in [0.29, 0.717) is 16.6 Å². The first-order chi connectivity index (χ1) is 17.1. The predicted molar refractivity (Wildman–Crippen MR) is 134 cm³/mol. The van der Waals surface area contributed by atoms with Crippen molar-refractivity contribution in [1.82, 2.24) is 14.9 Å². The number of hydrogen-bond acceptors (Lipinski definition) is 3. The highest BCUT2D eigenvalue weighted by molar-refractivity contribution is 5.87. The number of carbonyl (C=O) groups excluding carboxylic acids is 1. The van der Waals surface area contributed by atoms with Crippen molar-refractivity contribution in [3.63, 3.8) is 0 Å². The average molecular weight is 464 g/mol. The second kappa shape index (κ2) is 9.73. The van der Waals surface area contributed by atoms with Crippen molar-refractivity contribution < 1.29 is 9.18 Å². The van der Waals surface area contributed by atoms with Crippen LogP contribution in [0.15, 0.2) is 114 Å². The highest BCUT2D eigenvalue weighted by atomic mass is 19.1. The zero-order valence-electron chi connectivity index (χ0n) is 18.8. The van der Waals surface area contributed by atoms with Crippen molar-refractivity contribution >= 4 is 16.9 Å². The summed E-state index contributed by atoms with van der Waals surface area (Å²) in [6.45, 7) is 0.244. The number of halogens is 1. The molecular weight excluding hydrogens is 441 g/mol. The minimum atomic E-state index is -1.23. The molecule has 0 spiro atoms. The Bertz CT molecular complexity index is 1550. The summed E-state index contributed by atoms with van der Waals surface area (Å²) in [4.78, 5) is 32.1. The Balaban J connectivity index is 1.71. The van der Waals surface area contributed by atoms with Gasteiger partial charge >= 0.3 is 0 Å². The maximum atomic E-state index is 15.1. The first-order valence-electron chi connectivity index (χ1n) is 11.3. The van der Waals surface area contributed by atoms with Crippen molar-refractivity contribution in [2.24, 2.45) is 0 Å². The second-order valence-corrected chi connectivity index (χ2v) is 8.12. The molecule has 172 valence electrons. The zero-order valence-corrected chi connectivity index (χ0v) is 18.8. The molecule has 0 saturated carbocycles. The lowest BCUT2D eigenvalue weighted by Crippen LogP contribution is -2.39. The number of amides is 1. The number of nitrogens with one attached hydrogen (secondary N) is 1. The molecule has 0 radical (unpaired) electrons. The van der Waals surface area contributed by atoms with Gasteiger partial charge in [-0.2, -0.15) is 0 Å². The highest BCUT2D eigenvalue weighted by Crippen LogP contribution is 2.26. The first-order valence-corrected chi connectivity index (χ1v) is 11.3. The molecule has 0 aliphatic heterocycles. The second-order valence-electron chi connectivity index (χ2n) is 8.12. The number of rotatable bonds is 6. The number of benzene rings is 4. The quantitative estimate of drug-likeness (QED) is 0.381. The first kappa shape index (κ1) is 22.2. The van der Waals surface area contributed by atoms with Gasteiger partial charge in [0, 0.05) is 17.7 Å². The predicted octanol–water partition coefficient (Wildman–Crippen LogP) is 5.11. The summed E-state index contributed by atoms with van der Waals surface area (Å²) in [6, 6.07) is 30.4. The van der Waals surface area contributed by atoms with Crippen molar-refractivity contribution in [2.45, 2.75) is 12.6 Å². The summed E-state index contributed by atoms with van der Waals surface area (Å²) in [7, 11) is 0. The van der Waals surface area contributed by atoms with Gasteiger partial charge in [-0.25, -0.2) is 9.37 Å². The lowest BCUT2D eigenvalue weighted by atomic mass is 10.0. The molecule has 0 aliphatic rings. The van der Waals surface area contributed by atoms with Crippen molar-refractivity contribution in [1.29, 1.82) is 0 Å². The summed E-state index contributed by atoms with van der Waals surface area (Å²) in [5.74, 6) is -1.06. The van der Waals surface area contributed by atoms with E-state index in [4.69, 9.17) is 0 Å². The van der Waals surface area contributed by atoms with E-state index in [0.717, 1.165) is 5.56 Å². The average Bonchev–Trinajstić information content (AvgIpc) is 2.90. The molecule has 5 nitrogen and oxygen atoms in total. The van der Waals surface area contributed by atoms with E-state index in [2.05, 4.69) is 10.3 Å². The molecule has 1 aromatic heterocycles. The standard InChI is InChI=1S/C29H22FN3O2/c30-23-16-8-7-15-22(23)27(28(34)31-19-20-11-3-1-4-12-20)33-25-18-10-9-17-24(25)32-26(29(33)35)21-13-5-2-6-14-21/h1-18,27H,19H2,(H,31,34). The van der Waals surface area contributed by atoms with Gasteiger partial charge in [0.25, 0.3) is 5.56 Å². The molecule has 35 heavy (non-hydrogen) atoms. The van der Waals surface area contributed by atoms with Gasteiger partial charge in [-0.05, 0) is 23.8 Å². The molecule has 1 heterocycles.